The van der Waals surface area contributed by atoms with Gasteiger partial charge in [0, 0.05) is 23.7 Å². The number of hydrogen-bond donors (Lipinski definition) is 1. The highest BCUT2D eigenvalue weighted by Crippen LogP contribution is 2.22. The molecule has 100 valence electrons. The number of rotatable bonds is 6. The van der Waals surface area contributed by atoms with E-state index >= 15 is 0 Å². The Balaban J connectivity index is 2.80. The predicted molar refractivity (Wildman–Crippen MR) is 73.7 cm³/mol. The fourth-order valence-corrected chi connectivity index (χ4v) is 2.11. The quantitative estimate of drug-likeness (QED) is 0.620. The molecule has 0 aromatic heterocycles. The lowest BCUT2D eigenvalue weighted by atomic mass is 9.98. The highest BCUT2D eigenvalue weighted by atomic mass is 16.6. The molecule has 1 aromatic carbocycles. The number of nitrogens with zero attached hydrogens (tertiary/aromatic N) is 1. The van der Waals surface area contributed by atoms with Crippen LogP contribution in [0.15, 0.2) is 18.2 Å². The minimum absolute atomic E-state index is 0.0613. The zero-order valence-electron chi connectivity index (χ0n) is 11.6. The molecule has 0 heterocycles. The van der Waals surface area contributed by atoms with Crippen molar-refractivity contribution in [2.45, 2.75) is 52.6 Å². The maximum Gasteiger partial charge on any atom is 0.272 e. The van der Waals surface area contributed by atoms with Crippen molar-refractivity contribution < 1.29 is 4.92 Å². The lowest BCUT2D eigenvalue weighted by Crippen LogP contribution is -2.38. The molecular formula is C14H22N2O2. The Morgan fingerprint density at radius 2 is 2.06 bits per heavy atom. The van der Waals surface area contributed by atoms with Crippen LogP contribution < -0.4 is 5.32 Å². The summed E-state index contributed by atoms with van der Waals surface area (Å²) in [5.74, 6) is 0. The number of benzene rings is 1. The van der Waals surface area contributed by atoms with Crippen LogP contribution in [0, 0.1) is 17.0 Å². The Hall–Kier alpha value is -1.42. The summed E-state index contributed by atoms with van der Waals surface area (Å²) in [4.78, 5) is 10.5. The van der Waals surface area contributed by atoms with Crippen LogP contribution in [0.1, 0.15) is 44.7 Å². The van der Waals surface area contributed by atoms with Crippen LogP contribution in [0.25, 0.3) is 0 Å². The Labute approximate surface area is 109 Å². The summed E-state index contributed by atoms with van der Waals surface area (Å²) in [6.45, 7) is 8.94. The lowest BCUT2D eigenvalue weighted by molar-refractivity contribution is -0.385. The van der Waals surface area contributed by atoms with Gasteiger partial charge in [0.2, 0.25) is 0 Å². The van der Waals surface area contributed by atoms with E-state index in [1.165, 1.54) is 0 Å². The number of nitro benzene ring substituents is 1. The summed E-state index contributed by atoms with van der Waals surface area (Å²) in [5, 5.41) is 14.3. The zero-order chi connectivity index (χ0) is 13.8. The van der Waals surface area contributed by atoms with Crippen LogP contribution in [-0.2, 0) is 6.54 Å². The topological polar surface area (TPSA) is 55.2 Å². The molecule has 0 fully saturated rings. The normalized spacial score (nSPS) is 11.6. The summed E-state index contributed by atoms with van der Waals surface area (Å²) >= 11 is 0. The molecule has 0 saturated carbocycles. The average molecular weight is 250 g/mol. The van der Waals surface area contributed by atoms with Crippen molar-refractivity contribution in [3.8, 4) is 0 Å². The molecule has 0 amide bonds. The van der Waals surface area contributed by atoms with E-state index in [0.29, 0.717) is 6.54 Å². The molecule has 0 aliphatic heterocycles. The average Bonchev–Trinajstić information content (AvgIpc) is 2.27. The highest BCUT2D eigenvalue weighted by molar-refractivity contribution is 5.44. The monoisotopic (exact) mass is 250 g/mol. The molecule has 1 rings (SSSR count). The molecule has 0 bridgehead atoms. The van der Waals surface area contributed by atoms with Gasteiger partial charge in [0.25, 0.3) is 5.69 Å². The molecule has 0 atom stereocenters. The summed E-state index contributed by atoms with van der Waals surface area (Å²) in [7, 11) is 0. The van der Waals surface area contributed by atoms with Gasteiger partial charge in [-0.25, -0.2) is 0 Å². The van der Waals surface area contributed by atoms with E-state index in [4.69, 9.17) is 0 Å². The summed E-state index contributed by atoms with van der Waals surface area (Å²) < 4.78 is 0. The third-order valence-corrected chi connectivity index (χ3v) is 3.25. The van der Waals surface area contributed by atoms with E-state index < -0.39 is 0 Å². The first-order valence-corrected chi connectivity index (χ1v) is 6.35. The van der Waals surface area contributed by atoms with Crippen LogP contribution in [-0.4, -0.2) is 10.5 Å². The predicted octanol–water partition coefficient (Wildman–Crippen LogP) is 3.57. The van der Waals surface area contributed by atoms with Gasteiger partial charge in [0.1, 0.15) is 0 Å². The van der Waals surface area contributed by atoms with Gasteiger partial charge < -0.3 is 5.32 Å². The van der Waals surface area contributed by atoms with Crippen molar-refractivity contribution in [3.63, 3.8) is 0 Å². The molecule has 0 unspecified atom stereocenters. The third kappa shape index (κ3) is 3.81. The van der Waals surface area contributed by atoms with Crippen molar-refractivity contribution >= 4 is 5.69 Å². The summed E-state index contributed by atoms with van der Waals surface area (Å²) in [6, 6.07) is 5.24. The Kier molecular flexibility index (Phi) is 4.84. The molecule has 4 nitrogen and oxygen atoms in total. The first kappa shape index (κ1) is 14.6. The Morgan fingerprint density at radius 3 is 2.61 bits per heavy atom. The van der Waals surface area contributed by atoms with Crippen LogP contribution in [0.3, 0.4) is 0 Å². The Bertz CT molecular complexity index is 428. The maximum atomic E-state index is 10.9. The van der Waals surface area contributed by atoms with Crippen molar-refractivity contribution in [1.82, 2.24) is 5.32 Å². The molecule has 0 radical (unpaired) electrons. The fourth-order valence-electron chi connectivity index (χ4n) is 2.11. The van der Waals surface area contributed by atoms with E-state index in [0.717, 1.165) is 24.0 Å². The van der Waals surface area contributed by atoms with Crippen LogP contribution in [0.5, 0.6) is 0 Å². The Morgan fingerprint density at radius 1 is 1.39 bits per heavy atom. The van der Waals surface area contributed by atoms with E-state index in [2.05, 4.69) is 26.1 Å². The van der Waals surface area contributed by atoms with Crippen LogP contribution in [0.2, 0.25) is 0 Å². The minimum atomic E-state index is -0.323. The largest absolute Gasteiger partial charge is 0.308 e. The van der Waals surface area contributed by atoms with E-state index in [-0.39, 0.29) is 16.1 Å². The molecule has 18 heavy (non-hydrogen) atoms. The lowest BCUT2D eigenvalue weighted by Gasteiger charge is -2.26. The van der Waals surface area contributed by atoms with Crippen molar-refractivity contribution in [1.29, 1.82) is 0 Å². The SMILES string of the molecule is CCCC(C)(C)NCc1cccc([N+](=O)[O-])c1C. The molecule has 0 spiro atoms. The maximum absolute atomic E-state index is 10.9. The van der Waals surface area contributed by atoms with Gasteiger partial charge in [-0.2, -0.15) is 0 Å². The summed E-state index contributed by atoms with van der Waals surface area (Å²) in [5.41, 5.74) is 2.00. The molecule has 0 aliphatic carbocycles. The fraction of sp³-hybridized carbons (Fsp3) is 0.571. The third-order valence-electron chi connectivity index (χ3n) is 3.25. The molecule has 0 aliphatic rings. The molecular weight excluding hydrogens is 228 g/mol. The molecule has 4 heteroatoms. The minimum Gasteiger partial charge on any atom is -0.308 e. The van der Waals surface area contributed by atoms with Gasteiger partial charge in [-0.3, -0.25) is 10.1 Å². The molecule has 0 saturated heterocycles. The second-order valence-corrected chi connectivity index (χ2v) is 5.31. The van der Waals surface area contributed by atoms with Crippen molar-refractivity contribution in [2.75, 3.05) is 0 Å². The first-order chi connectivity index (χ1) is 8.37. The van der Waals surface area contributed by atoms with E-state index in [1.807, 2.05) is 13.0 Å². The van der Waals surface area contributed by atoms with Gasteiger partial charge in [-0.1, -0.05) is 25.5 Å². The van der Waals surface area contributed by atoms with E-state index in [9.17, 15) is 10.1 Å². The summed E-state index contributed by atoms with van der Waals surface area (Å²) in [6.07, 6.45) is 2.20. The highest BCUT2D eigenvalue weighted by Gasteiger charge is 2.18. The van der Waals surface area contributed by atoms with Crippen molar-refractivity contribution in [2.24, 2.45) is 0 Å². The van der Waals surface area contributed by atoms with Gasteiger partial charge >= 0.3 is 0 Å². The number of hydrogen-bond acceptors (Lipinski definition) is 3. The number of nitro groups is 1. The second-order valence-electron chi connectivity index (χ2n) is 5.31. The molecule has 1 aromatic rings. The standard InChI is InChI=1S/C14H22N2O2/c1-5-9-14(3,4)15-10-12-7-6-8-13(11(12)2)16(17)18/h6-8,15H,5,9-10H2,1-4H3. The van der Waals surface area contributed by atoms with Crippen molar-refractivity contribution in [3.05, 3.63) is 39.4 Å². The number of nitrogens with one attached hydrogen (secondary N) is 1. The first-order valence-electron chi connectivity index (χ1n) is 6.35. The van der Waals surface area contributed by atoms with E-state index in [1.54, 1.807) is 12.1 Å². The van der Waals surface area contributed by atoms with Gasteiger partial charge in [0.15, 0.2) is 0 Å². The van der Waals surface area contributed by atoms with Gasteiger partial charge in [-0.05, 0) is 32.8 Å². The van der Waals surface area contributed by atoms with Gasteiger partial charge in [-0.15, -0.1) is 0 Å². The van der Waals surface area contributed by atoms with Crippen LogP contribution >= 0.6 is 0 Å². The molecule has 1 N–H and O–H groups in total. The zero-order valence-corrected chi connectivity index (χ0v) is 11.6. The smallest absolute Gasteiger partial charge is 0.272 e. The van der Waals surface area contributed by atoms with Crippen LogP contribution in [0.4, 0.5) is 5.69 Å². The van der Waals surface area contributed by atoms with Gasteiger partial charge in [0.05, 0.1) is 4.92 Å². The second kappa shape index (κ2) is 5.96.